The van der Waals surface area contributed by atoms with Gasteiger partial charge in [-0.2, -0.15) is 0 Å². The number of carbonyl (C=O) groups is 1. The van der Waals surface area contributed by atoms with Crippen LogP contribution < -0.4 is 11.1 Å². The average Bonchev–Trinajstić information content (AvgIpc) is 2.55. The zero-order valence-corrected chi connectivity index (χ0v) is 12.0. The van der Waals surface area contributed by atoms with E-state index in [1.807, 2.05) is 37.3 Å². The number of nitrogens with two attached hydrogens (primary N) is 1. The van der Waals surface area contributed by atoms with Crippen molar-refractivity contribution in [3.63, 3.8) is 0 Å². The van der Waals surface area contributed by atoms with Gasteiger partial charge in [0, 0.05) is 11.7 Å². The van der Waals surface area contributed by atoms with Gasteiger partial charge in [0.25, 0.3) is 0 Å². The van der Waals surface area contributed by atoms with Crippen molar-refractivity contribution in [1.29, 1.82) is 0 Å². The molecular formula is C17H20N2O2. The predicted molar refractivity (Wildman–Crippen MR) is 83.5 cm³/mol. The minimum absolute atomic E-state index is 0.0104. The number of rotatable bonds is 5. The van der Waals surface area contributed by atoms with Crippen molar-refractivity contribution in [2.45, 2.75) is 19.6 Å². The first-order valence-corrected chi connectivity index (χ1v) is 6.93. The van der Waals surface area contributed by atoms with Gasteiger partial charge in [-0.25, -0.2) is 0 Å². The molecule has 2 aromatic carbocycles. The van der Waals surface area contributed by atoms with Crippen LogP contribution in [0, 0.1) is 5.92 Å². The standard InChI is InChI=1S/C17H20N2O2/c1-12(16(18)14-5-3-2-4-6-14)17(21)19-15-9-7-13(11-20)8-10-15/h2-10,12,16,20H,11,18H2,1H3,(H,19,21). The van der Waals surface area contributed by atoms with Crippen molar-refractivity contribution in [3.8, 4) is 0 Å². The summed E-state index contributed by atoms with van der Waals surface area (Å²) in [5, 5.41) is 11.8. The molecule has 2 rings (SSSR count). The van der Waals surface area contributed by atoms with Crippen molar-refractivity contribution in [2.75, 3.05) is 5.32 Å². The molecule has 0 bridgehead atoms. The molecule has 4 N–H and O–H groups in total. The average molecular weight is 284 g/mol. The van der Waals surface area contributed by atoms with E-state index in [0.29, 0.717) is 5.69 Å². The number of hydrogen-bond donors (Lipinski definition) is 3. The molecule has 110 valence electrons. The molecule has 0 saturated heterocycles. The van der Waals surface area contributed by atoms with E-state index in [2.05, 4.69) is 5.32 Å². The molecule has 0 spiro atoms. The number of benzene rings is 2. The third-order valence-electron chi connectivity index (χ3n) is 3.54. The van der Waals surface area contributed by atoms with E-state index < -0.39 is 0 Å². The zero-order chi connectivity index (χ0) is 15.2. The van der Waals surface area contributed by atoms with E-state index >= 15 is 0 Å². The highest BCUT2D eigenvalue weighted by Gasteiger charge is 2.22. The highest BCUT2D eigenvalue weighted by atomic mass is 16.3. The van der Waals surface area contributed by atoms with Crippen molar-refractivity contribution in [3.05, 3.63) is 65.7 Å². The molecule has 0 aliphatic rings. The molecular weight excluding hydrogens is 264 g/mol. The van der Waals surface area contributed by atoms with Crippen molar-refractivity contribution in [2.24, 2.45) is 11.7 Å². The lowest BCUT2D eigenvalue weighted by atomic mass is 9.94. The van der Waals surface area contributed by atoms with Gasteiger partial charge in [-0.05, 0) is 23.3 Å². The van der Waals surface area contributed by atoms with Crippen molar-refractivity contribution >= 4 is 11.6 Å². The van der Waals surface area contributed by atoms with E-state index in [1.54, 1.807) is 24.3 Å². The normalized spacial score (nSPS) is 13.5. The van der Waals surface area contributed by atoms with E-state index in [-0.39, 0.29) is 24.5 Å². The summed E-state index contributed by atoms with van der Waals surface area (Å²) in [7, 11) is 0. The number of aliphatic hydroxyl groups is 1. The fourth-order valence-electron chi connectivity index (χ4n) is 2.08. The van der Waals surface area contributed by atoms with E-state index in [0.717, 1.165) is 11.1 Å². The summed E-state index contributed by atoms with van der Waals surface area (Å²) in [4.78, 5) is 12.2. The van der Waals surface area contributed by atoms with Crippen LogP contribution in [0.4, 0.5) is 5.69 Å². The Morgan fingerprint density at radius 1 is 1.14 bits per heavy atom. The lowest BCUT2D eigenvalue weighted by Crippen LogP contribution is -2.30. The summed E-state index contributed by atoms with van der Waals surface area (Å²) in [5.41, 5.74) is 8.59. The molecule has 0 aliphatic heterocycles. The summed E-state index contributed by atoms with van der Waals surface area (Å²) in [6.45, 7) is 1.80. The summed E-state index contributed by atoms with van der Waals surface area (Å²) in [6.07, 6.45) is 0. The Labute approximate surface area is 124 Å². The molecule has 4 heteroatoms. The zero-order valence-electron chi connectivity index (χ0n) is 12.0. The van der Waals surface area contributed by atoms with Crippen LogP contribution in [0.3, 0.4) is 0 Å². The van der Waals surface area contributed by atoms with Gasteiger partial charge in [-0.3, -0.25) is 4.79 Å². The van der Waals surface area contributed by atoms with Crippen LogP contribution in [0.5, 0.6) is 0 Å². The molecule has 0 fully saturated rings. The van der Waals surface area contributed by atoms with Crippen LogP contribution in [-0.4, -0.2) is 11.0 Å². The van der Waals surface area contributed by atoms with Crippen LogP contribution in [0.2, 0.25) is 0 Å². The lowest BCUT2D eigenvalue weighted by molar-refractivity contribution is -0.120. The molecule has 1 amide bonds. The first-order chi connectivity index (χ1) is 10.1. The molecule has 21 heavy (non-hydrogen) atoms. The summed E-state index contributed by atoms with van der Waals surface area (Å²) < 4.78 is 0. The number of anilines is 1. The van der Waals surface area contributed by atoms with Crippen LogP contribution in [0.1, 0.15) is 24.1 Å². The highest BCUT2D eigenvalue weighted by Crippen LogP contribution is 2.21. The molecule has 0 aromatic heterocycles. The lowest BCUT2D eigenvalue weighted by Gasteiger charge is -2.20. The molecule has 2 aromatic rings. The van der Waals surface area contributed by atoms with Gasteiger partial charge in [-0.1, -0.05) is 49.4 Å². The third-order valence-corrected chi connectivity index (χ3v) is 3.54. The van der Waals surface area contributed by atoms with Gasteiger partial charge >= 0.3 is 0 Å². The maximum absolute atomic E-state index is 12.2. The molecule has 0 radical (unpaired) electrons. The second kappa shape index (κ2) is 7.02. The Kier molecular flexibility index (Phi) is 5.09. The number of carbonyl (C=O) groups excluding carboxylic acids is 1. The topological polar surface area (TPSA) is 75.3 Å². The van der Waals surface area contributed by atoms with Gasteiger partial charge in [-0.15, -0.1) is 0 Å². The monoisotopic (exact) mass is 284 g/mol. The predicted octanol–water partition coefficient (Wildman–Crippen LogP) is 2.45. The summed E-state index contributed by atoms with van der Waals surface area (Å²) in [6, 6.07) is 16.3. The van der Waals surface area contributed by atoms with Crippen LogP contribution >= 0.6 is 0 Å². The van der Waals surface area contributed by atoms with E-state index in [9.17, 15) is 4.79 Å². The molecule has 2 atom stereocenters. The largest absolute Gasteiger partial charge is 0.392 e. The molecule has 2 unspecified atom stereocenters. The second-order valence-electron chi connectivity index (χ2n) is 5.07. The maximum Gasteiger partial charge on any atom is 0.229 e. The smallest absolute Gasteiger partial charge is 0.229 e. The number of hydrogen-bond acceptors (Lipinski definition) is 3. The van der Waals surface area contributed by atoms with Crippen LogP contribution in [0.15, 0.2) is 54.6 Å². The Morgan fingerprint density at radius 2 is 1.76 bits per heavy atom. The molecule has 0 heterocycles. The van der Waals surface area contributed by atoms with Gasteiger partial charge in [0.15, 0.2) is 0 Å². The van der Waals surface area contributed by atoms with Crippen LogP contribution in [-0.2, 0) is 11.4 Å². The number of nitrogens with one attached hydrogen (secondary N) is 1. The fraction of sp³-hybridized carbons (Fsp3) is 0.235. The minimum Gasteiger partial charge on any atom is -0.392 e. The molecule has 4 nitrogen and oxygen atoms in total. The SMILES string of the molecule is CC(C(=O)Nc1ccc(CO)cc1)C(N)c1ccccc1. The van der Waals surface area contributed by atoms with Gasteiger partial charge in [0.2, 0.25) is 5.91 Å². The Bertz CT molecular complexity index is 581. The fourth-order valence-corrected chi connectivity index (χ4v) is 2.08. The Morgan fingerprint density at radius 3 is 2.33 bits per heavy atom. The summed E-state index contributed by atoms with van der Waals surface area (Å²) >= 11 is 0. The van der Waals surface area contributed by atoms with Crippen molar-refractivity contribution < 1.29 is 9.90 Å². The third kappa shape index (κ3) is 3.90. The first-order valence-electron chi connectivity index (χ1n) is 6.93. The van der Waals surface area contributed by atoms with E-state index in [4.69, 9.17) is 10.8 Å². The Hall–Kier alpha value is -2.17. The van der Waals surface area contributed by atoms with E-state index in [1.165, 1.54) is 0 Å². The first kappa shape index (κ1) is 15.2. The minimum atomic E-state index is -0.345. The van der Waals surface area contributed by atoms with Crippen LogP contribution in [0.25, 0.3) is 0 Å². The van der Waals surface area contributed by atoms with Gasteiger partial charge in [0.1, 0.15) is 0 Å². The molecule has 0 saturated carbocycles. The second-order valence-corrected chi connectivity index (χ2v) is 5.07. The summed E-state index contributed by atoms with van der Waals surface area (Å²) in [5.74, 6) is -0.465. The van der Waals surface area contributed by atoms with Gasteiger partial charge < -0.3 is 16.2 Å². The molecule has 0 aliphatic carbocycles. The quantitative estimate of drug-likeness (QED) is 0.789. The maximum atomic E-state index is 12.2. The number of amides is 1. The van der Waals surface area contributed by atoms with Gasteiger partial charge in [0.05, 0.1) is 12.5 Å². The Balaban J connectivity index is 2.01. The van der Waals surface area contributed by atoms with Crippen molar-refractivity contribution in [1.82, 2.24) is 0 Å². The highest BCUT2D eigenvalue weighted by molar-refractivity contribution is 5.92. The number of aliphatic hydroxyl groups excluding tert-OH is 1.